The first-order valence-corrected chi connectivity index (χ1v) is 7.43. The first kappa shape index (κ1) is 16.6. The molecule has 0 saturated heterocycles. The maximum absolute atomic E-state index is 11.7. The fraction of sp³-hybridized carbons (Fsp3) is 0.286. The minimum Gasteiger partial charge on any atom is -0.462 e. The summed E-state index contributed by atoms with van der Waals surface area (Å²) in [5.41, 5.74) is 1.53. The SMILES string of the molecule is CCOC(=O)c1ccc2nc(C(CC(=O)S)C(=O)S)[nH]c2c1. The summed E-state index contributed by atoms with van der Waals surface area (Å²) in [5.74, 6) is -0.918. The molecule has 0 aliphatic heterocycles. The largest absolute Gasteiger partial charge is 0.462 e. The van der Waals surface area contributed by atoms with Gasteiger partial charge in [-0.1, -0.05) is 0 Å². The van der Waals surface area contributed by atoms with E-state index in [4.69, 9.17) is 4.74 Å². The highest BCUT2D eigenvalue weighted by Crippen LogP contribution is 2.24. The predicted molar refractivity (Wildman–Crippen MR) is 87.4 cm³/mol. The molecular formula is C14H14N2O4S2. The van der Waals surface area contributed by atoms with E-state index in [1.54, 1.807) is 25.1 Å². The van der Waals surface area contributed by atoms with Crippen molar-refractivity contribution in [1.82, 2.24) is 9.97 Å². The average molecular weight is 338 g/mol. The van der Waals surface area contributed by atoms with Crippen molar-refractivity contribution in [3.05, 3.63) is 29.6 Å². The van der Waals surface area contributed by atoms with Gasteiger partial charge in [-0.3, -0.25) is 9.59 Å². The van der Waals surface area contributed by atoms with Crippen LogP contribution in [0.1, 0.15) is 35.4 Å². The first-order chi connectivity index (χ1) is 10.4. The number of hydrogen-bond acceptors (Lipinski definition) is 5. The molecular weight excluding hydrogens is 324 g/mol. The fourth-order valence-electron chi connectivity index (χ4n) is 2.01. The molecule has 0 fully saturated rings. The highest BCUT2D eigenvalue weighted by atomic mass is 32.1. The van der Waals surface area contributed by atoms with Gasteiger partial charge in [0.2, 0.25) is 0 Å². The number of thiol groups is 2. The second-order valence-corrected chi connectivity index (χ2v) is 5.50. The summed E-state index contributed by atoms with van der Waals surface area (Å²) in [7, 11) is 0. The Hall–Kier alpha value is -1.80. The summed E-state index contributed by atoms with van der Waals surface area (Å²) in [5, 5.41) is -0.910. The number of aromatic amines is 1. The molecule has 1 N–H and O–H groups in total. The van der Waals surface area contributed by atoms with Gasteiger partial charge < -0.3 is 9.72 Å². The number of H-pyrrole nitrogens is 1. The van der Waals surface area contributed by atoms with E-state index in [2.05, 4.69) is 35.2 Å². The topological polar surface area (TPSA) is 89.1 Å². The number of benzene rings is 1. The van der Waals surface area contributed by atoms with Crippen molar-refractivity contribution in [2.24, 2.45) is 0 Å². The zero-order chi connectivity index (χ0) is 16.3. The van der Waals surface area contributed by atoms with E-state index in [-0.39, 0.29) is 13.0 Å². The standard InChI is InChI=1S/C14H14N2O4S2/c1-2-20-13(18)7-3-4-9-10(5-7)16-12(15-9)8(14(19)22)6-11(17)21/h3-5,8H,2,6H2,1H3,(H,15,16)(H,17,21)(H,19,22). The van der Waals surface area contributed by atoms with Crippen LogP contribution >= 0.6 is 25.3 Å². The Labute approximate surface area is 137 Å². The minimum absolute atomic E-state index is 0.101. The Morgan fingerprint density at radius 3 is 2.64 bits per heavy atom. The third-order valence-electron chi connectivity index (χ3n) is 3.02. The molecule has 1 unspecified atom stereocenters. The maximum Gasteiger partial charge on any atom is 0.338 e. The third kappa shape index (κ3) is 3.69. The van der Waals surface area contributed by atoms with Crippen LogP contribution < -0.4 is 0 Å². The Morgan fingerprint density at radius 2 is 2.05 bits per heavy atom. The van der Waals surface area contributed by atoms with Gasteiger partial charge in [0.25, 0.3) is 0 Å². The average Bonchev–Trinajstić information content (AvgIpc) is 2.86. The van der Waals surface area contributed by atoms with Gasteiger partial charge in [0.1, 0.15) is 5.82 Å². The summed E-state index contributed by atoms with van der Waals surface area (Å²) >= 11 is 7.47. The van der Waals surface area contributed by atoms with E-state index in [1.807, 2.05) is 0 Å². The zero-order valence-corrected chi connectivity index (χ0v) is 13.5. The number of nitrogens with zero attached hydrogens (tertiary/aromatic N) is 1. The van der Waals surface area contributed by atoms with Crippen molar-refractivity contribution in [2.45, 2.75) is 19.3 Å². The Morgan fingerprint density at radius 1 is 1.32 bits per heavy atom. The molecule has 0 spiro atoms. The lowest BCUT2D eigenvalue weighted by Crippen LogP contribution is -2.11. The van der Waals surface area contributed by atoms with Gasteiger partial charge in [-0.2, -0.15) is 0 Å². The number of carbonyl (C=O) groups is 3. The van der Waals surface area contributed by atoms with E-state index >= 15 is 0 Å². The van der Waals surface area contributed by atoms with E-state index in [9.17, 15) is 14.4 Å². The van der Waals surface area contributed by atoms with Crippen molar-refractivity contribution in [2.75, 3.05) is 6.61 Å². The van der Waals surface area contributed by atoms with E-state index < -0.39 is 22.1 Å². The molecule has 0 amide bonds. The van der Waals surface area contributed by atoms with Crippen LogP contribution in [0.25, 0.3) is 11.0 Å². The molecule has 1 aromatic heterocycles. The molecule has 1 atom stereocenters. The van der Waals surface area contributed by atoms with Gasteiger partial charge in [0.15, 0.2) is 10.2 Å². The van der Waals surface area contributed by atoms with Crippen molar-refractivity contribution in [3.63, 3.8) is 0 Å². The molecule has 6 nitrogen and oxygen atoms in total. The fourth-order valence-corrected chi connectivity index (χ4v) is 2.41. The lowest BCUT2D eigenvalue weighted by molar-refractivity contribution is -0.116. The zero-order valence-electron chi connectivity index (χ0n) is 11.7. The third-order valence-corrected chi connectivity index (χ3v) is 3.51. The summed E-state index contributed by atoms with van der Waals surface area (Å²) in [6.45, 7) is 2.01. The quantitative estimate of drug-likeness (QED) is 0.555. The molecule has 0 radical (unpaired) electrons. The van der Waals surface area contributed by atoms with Gasteiger partial charge in [0.05, 0.1) is 29.1 Å². The minimum atomic E-state index is -0.799. The van der Waals surface area contributed by atoms with Crippen molar-refractivity contribution < 1.29 is 19.1 Å². The second-order valence-electron chi connectivity index (χ2n) is 4.56. The molecule has 116 valence electrons. The smallest absolute Gasteiger partial charge is 0.338 e. The van der Waals surface area contributed by atoms with Gasteiger partial charge >= 0.3 is 5.97 Å². The highest BCUT2D eigenvalue weighted by Gasteiger charge is 2.23. The van der Waals surface area contributed by atoms with Gasteiger partial charge in [-0.25, -0.2) is 9.78 Å². The van der Waals surface area contributed by atoms with Crippen molar-refractivity contribution in [3.8, 4) is 0 Å². The monoisotopic (exact) mass is 338 g/mol. The summed E-state index contributed by atoms with van der Waals surface area (Å²) in [6.07, 6.45) is -0.101. The number of carbonyl (C=O) groups excluding carboxylic acids is 3. The van der Waals surface area contributed by atoms with Crippen LogP contribution in [0.4, 0.5) is 0 Å². The van der Waals surface area contributed by atoms with Crippen molar-refractivity contribution in [1.29, 1.82) is 0 Å². The second kappa shape index (κ2) is 6.97. The summed E-state index contributed by atoms with van der Waals surface area (Å²) in [4.78, 5) is 41.6. The van der Waals surface area contributed by atoms with Crippen LogP contribution in [0.3, 0.4) is 0 Å². The van der Waals surface area contributed by atoms with Crippen LogP contribution in [0.15, 0.2) is 18.2 Å². The van der Waals surface area contributed by atoms with Crippen molar-refractivity contribution >= 4 is 52.5 Å². The Bertz CT molecular complexity index is 742. The van der Waals surface area contributed by atoms with Gasteiger partial charge in [-0.05, 0) is 25.1 Å². The highest BCUT2D eigenvalue weighted by molar-refractivity contribution is 7.97. The lowest BCUT2D eigenvalue weighted by atomic mass is 10.1. The number of fused-ring (bicyclic) bond motifs is 1. The van der Waals surface area contributed by atoms with Crippen LogP contribution in [0.2, 0.25) is 0 Å². The number of rotatable bonds is 6. The molecule has 22 heavy (non-hydrogen) atoms. The van der Waals surface area contributed by atoms with Gasteiger partial charge in [-0.15, -0.1) is 25.3 Å². The Kier molecular flexibility index (Phi) is 5.25. The van der Waals surface area contributed by atoms with Crippen LogP contribution in [0.5, 0.6) is 0 Å². The number of aromatic nitrogens is 2. The van der Waals surface area contributed by atoms with Crippen LogP contribution in [0, 0.1) is 0 Å². The number of hydrogen-bond donors (Lipinski definition) is 3. The lowest BCUT2D eigenvalue weighted by Gasteiger charge is -2.06. The molecule has 0 bridgehead atoms. The molecule has 1 aromatic carbocycles. The normalized spacial score (nSPS) is 12.1. The molecule has 1 heterocycles. The van der Waals surface area contributed by atoms with E-state index in [1.165, 1.54) is 0 Å². The number of ether oxygens (including phenoxy) is 1. The molecule has 8 heteroatoms. The Balaban J connectivity index is 2.39. The molecule has 2 rings (SSSR count). The van der Waals surface area contributed by atoms with E-state index in [0.29, 0.717) is 22.4 Å². The summed E-state index contributed by atoms with van der Waals surface area (Å²) < 4.78 is 4.93. The molecule has 2 aromatic rings. The number of nitrogens with one attached hydrogen (secondary N) is 1. The van der Waals surface area contributed by atoms with Crippen LogP contribution in [-0.2, 0) is 14.3 Å². The maximum atomic E-state index is 11.7. The number of imidazole rings is 1. The van der Waals surface area contributed by atoms with E-state index in [0.717, 1.165) is 0 Å². The molecule has 0 aliphatic carbocycles. The predicted octanol–water partition coefficient (Wildman–Crippen LogP) is 2.13. The summed E-state index contributed by atoms with van der Waals surface area (Å²) in [6, 6.07) is 4.82. The van der Waals surface area contributed by atoms with Gasteiger partial charge in [0, 0.05) is 6.42 Å². The molecule has 0 aliphatic rings. The number of esters is 1. The first-order valence-electron chi connectivity index (χ1n) is 6.53. The molecule has 0 saturated carbocycles. The van der Waals surface area contributed by atoms with Crippen LogP contribution in [-0.4, -0.2) is 32.8 Å².